The van der Waals surface area contributed by atoms with E-state index in [-0.39, 0.29) is 10.3 Å². The summed E-state index contributed by atoms with van der Waals surface area (Å²) in [6.07, 6.45) is -0.0432. The molecule has 0 aromatic heterocycles. The van der Waals surface area contributed by atoms with Gasteiger partial charge >= 0.3 is 0 Å². The summed E-state index contributed by atoms with van der Waals surface area (Å²) >= 11 is 1.14. The standard InChI is InChI=1S/C21H30F2N4S/c1-14-11-26(8-7-24-14)18-9-16(21(3)5-6-21)10-19-17(18)12-25(4)27(19)13-28-15(2)20(22)23/h9-10,14,20,24H,2,5-8,11-13H2,1,3-4H3. The number of alkyl halides is 2. The van der Waals surface area contributed by atoms with Gasteiger partial charge in [0.25, 0.3) is 6.43 Å². The average Bonchev–Trinajstić information content (AvgIpc) is 3.32. The zero-order valence-electron chi connectivity index (χ0n) is 17.0. The number of allylic oxidation sites excluding steroid dienone is 1. The van der Waals surface area contributed by atoms with Crippen LogP contribution in [-0.4, -0.2) is 50.0 Å². The van der Waals surface area contributed by atoms with Crippen LogP contribution in [-0.2, 0) is 12.0 Å². The summed E-state index contributed by atoms with van der Waals surface area (Å²) in [5.74, 6) is 0.463. The van der Waals surface area contributed by atoms with Crippen LogP contribution in [0.4, 0.5) is 20.2 Å². The third kappa shape index (κ3) is 3.76. The number of hydrazine groups is 1. The lowest BCUT2D eigenvalue weighted by atomic mass is 9.94. The highest BCUT2D eigenvalue weighted by atomic mass is 32.2. The molecular formula is C21H30F2N4S. The van der Waals surface area contributed by atoms with Gasteiger partial charge in [-0.1, -0.05) is 13.5 Å². The van der Waals surface area contributed by atoms with E-state index in [4.69, 9.17) is 0 Å². The number of nitrogens with zero attached hydrogens (tertiary/aromatic N) is 3. The van der Waals surface area contributed by atoms with Crippen molar-refractivity contribution in [3.63, 3.8) is 0 Å². The molecule has 1 atom stereocenters. The van der Waals surface area contributed by atoms with Crippen molar-refractivity contribution < 1.29 is 8.78 Å². The Hall–Kier alpha value is -1.31. The van der Waals surface area contributed by atoms with Gasteiger partial charge in [-0.3, -0.25) is 5.01 Å². The Balaban J connectivity index is 1.68. The molecular weight excluding hydrogens is 378 g/mol. The van der Waals surface area contributed by atoms with Crippen molar-refractivity contribution in [2.75, 3.05) is 42.5 Å². The van der Waals surface area contributed by atoms with Gasteiger partial charge in [0.05, 0.1) is 11.6 Å². The Morgan fingerprint density at radius 2 is 2.07 bits per heavy atom. The van der Waals surface area contributed by atoms with Crippen molar-refractivity contribution in [2.24, 2.45) is 0 Å². The molecule has 2 fully saturated rings. The predicted molar refractivity (Wildman–Crippen MR) is 114 cm³/mol. The van der Waals surface area contributed by atoms with Gasteiger partial charge in [-0.05, 0) is 42.9 Å². The lowest BCUT2D eigenvalue weighted by molar-refractivity contribution is 0.200. The molecule has 4 nitrogen and oxygen atoms in total. The number of halogens is 2. The summed E-state index contributed by atoms with van der Waals surface area (Å²) in [5, 5.41) is 7.80. The summed E-state index contributed by atoms with van der Waals surface area (Å²) in [6, 6.07) is 5.16. The predicted octanol–water partition coefficient (Wildman–Crippen LogP) is 4.17. The molecule has 1 aromatic rings. The highest BCUT2D eigenvalue weighted by Gasteiger charge is 2.41. The minimum absolute atomic E-state index is 0.0664. The van der Waals surface area contributed by atoms with Crippen LogP contribution >= 0.6 is 11.8 Å². The first-order valence-corrected chi connectivity index (χ1v) is 11.0. The second-order valence-corrected chi connectivity index (χ2v) is 9.68. The van der Waals surface area contributed by atoms with Gasteiger partial charge in [0.1, 0.15) is 0 Å². The number of hydrogen-bond donors (Lipinski definition) is 1. The van der Waals surface area contributed by atoms with E-state index in [0.29, 0.717) is 11.9 Å². The fourth-order valence-electron chi connectivity index (χ4n) is 4.17. The summed E-state index contributed by atoms with van der Waals surface area (Å²) in [6.45, 7) is 11.9. The minimum atomic E-state index is -2.48. The van der Waals surface area contributed by atoms with Crippen molar-refractivity contribution in [3.05, 3.63) is 34.7 Å². The summed E-state index contributed by atoms with van der Waals surface area (Å²) in [4.78, 5) is 2.43. The van der Waals surface area contributed by atoms with Crippen LogP contribution in [0.25, 0.3) is 0 Å². The fraction of sp³-hybridized carbons (Fsp3) is 0.619. The zero-order chi connectivity index (χ0) is 20.1. The minimum Gasteiger partial charge on any atom is -0.368 e. The summed E-state index contributed by atoms with van der Waals surface area (Å²) in [5.41, 5.74) is 5.44. The maximum atomic E-state index is 12.9. The third-order valence-electron chi connectivity index (χ3n) is 6.30. The van der Waals surface area contributed by atoms with Crippen LogP contribution in [0, 0.1) is 0 Å². The summed E-state index contributed by atoms with van der Waals surface area (Å²) < 4.78 is 25.8. The van der Waals surface area contributed by atoms with Crippen molar-refractivity contribution in [2.45, 2.75) is 51.1 Å². The number of nitrogens with one attached hydrogen (secondary N) is 1. The first-order chi connectivity index (χ1) is 13.3. The van der Waals surface area contributed by atoms with E-state index in [0.717, 1.165) is 37.9 Å². The first-order valence-electron chi connectivity index (χ1n) is 10.0. The highest BCUT2D eigenvalue weighted by Crippen LogP contribution is 2.51. The number of rotatable bonds is 6. The van der Waals surface area contributed by atoms with Crippen molar-refractivity contribution in [1.82, 2.24) is 10.3 Å². The van der Waals surface area contributed by atoms with Crippen LogP contribution in [0.1, 0.15) is 37.8 Å². The third-order valence-corrected chi connectivity index (χ3v) is 7.22. The molecule has 0 amide bonds. The molecule has 1 N–H and O–H groups in total. The molecule has 28 heavy (non-hydrogen) atoms. The second kappa shape index (κ2) is 7.50. The number of thioether (sulfide) groups is 1. The van der Waals surface area contributed by atoms with Gasteiger partial charge in [0.15, 0.2) is 0 Å². The van der Waals surface area contributed by atoms with E-state index in [1.165, 1.54) is 35.3 Å². The molecule has 7 heteroatoms. The molecule has 0 spiro atoms. The highest BCUT2D eigenvalue weighted by molar-refractivity contribution is 8.03. The molecule has 4 rings (SSSR count). The number of fused-ring (bicyclic) bond motifs is 1. The van der Waals surface area contributed by atoms with Crippen molar-refractivity contribution >= 4 is 23.1 Å². The molecule has 1 saturated heterocycles. The largest absolute Gasteiger partial charge is 0.368 e. The first kappa shape index (κ1) is 20.0. The van der Waals surface area contributed by atoms with E-state index in [1.54, 1.807) is 0 Å². The van der Waals surface area contributed by atoms with E-state index in [1.807, 2.05) is 7.05 Å². The van der Waals surface area contributed by atoms with Gasteiger partial charge in [-0.2, -0.15) is 0 Å². The monoisotopic (exact) mass is 408 g/mol. The van der Waals surface area contributed by atoms with Gasteiger partial charge in [0, 0.05) is 55.4 Å². The Kier molecular flexibility index (Phi) is 5.35. The van der Waals surface area contributed by atoms with E-state index >= 15 is 0 Å². The van der Waals surface area contributed by atoms with Gasteiger partial charge in [-0.15, -0.1) is 11.8 Å². The van der Waals surface area contributed by atoms with E-state index < -0.39 is 6.43 Å². The Morgan fingerprint density at radius 3 is 2.71 bits per heavy atom. The lowest BCUT2D eigenvalue weighted by Crippen LogP contribution is -2.49. The maximum absolute atomic E-state index is 12.9. The summed E-state index contributed by atoms with van der Waals surface area (Å²) in [7, 11) is 2.04. The zero-order valence-corrected chi connectivity index (χ0v) is 17.8. The fourth-order valence-corrected chi connectivity index (χ4v) is 4.92. The van der Waals surface area contributed by atoms with Crippen LogP contribution < -0.4 is 15.2 Å². The number of hydrogen-bond acceptors (Lipinski definition) is 5. The van der Waals surface area contributed by atoms with Crippen LogP contribution in [0.2, 0.25) is 0 Å². The molecule has 1 aliphatic carbocycles. The van der Waals surface area contributed by atoms with Gasteiger partial charge in [-0.25, -0.2) is 13.8 Å². The number of benzene rings is 1. The molecule has 3 aliphatic rings. The number of piperazine rings is 1. The lowest BCUT2D eigenvalue weighted by Gasteiger charge is -2.35. The Labute approximate surface area is 170 Å². The molecule has 0 radical (unpaired) electrons. The molecule has 1 aromatic carbocycles. The smallest absolute Gasteiger partial charge is 0.269 e. The molecule has 0 bridgehead atoms. The molecule has 1 saturated carbocycles. The van der Waals surface area contributed by atoms with E-state index in [9.17, 15) is 8.78 Å². The quantitative estimate of drug-likeness (QED) is 0.761. The normalized spacial score (nSPS) is 24.0. The second-order valence-electron chi connectivity index (χ2n) is 8.61. The van der Waals surface area contributed by atoms with Gasteiger partial charge in [0.2, 0.25) is 0 Å². The van der Waals surface area contributed by atoms with Crippen molar-refractivity contribution in [3.8, 4) is 0 Å². The molecule has 2 aliphatic heterocycles. The Bertz CT molecular complexity index is 765. The van der Waals surface area contributed by atoms with Crippen LogP contribution in [0.3, 0.4) is 0 Å². The van der Waals surface area contributed by atoms with Crippen LogP contribution in [0.15, 0.2) is 23.6 Å². The molecule has 154 valence electrons. The SMILES string of the molecule is C=C(SCN1c2cc(C3(C)CC3)cc(N3CCNC(C)C3)c2CN1C)C(F)F. The topological polar surface area (TPSA) is 21.8 Å². The average molecular weight is 409 g/mol. The van der Waals surface area contributed by atoms with E-state index in [2.05, 4.69) is 52.8 Å². The van der Waals surface area contributed by atoms with Crippen LogP contribution in [0.5, 0.6) is 0 Å². The maximum Gasteiger partial charge on any atom is 0.269 e. The van der Waals surface area contributed by atoms with Gasteiger partial charge < -0.3 is 10.2 Å². The Morgan fingerprint density at radius 1 is 1.36 bits per heavy atom. The molecule has 2 heterocycles. The number of anilines is 2. The molecule has 1 unspecified atom stereocenters. The van der Waals surface area contributed by atoms with Crippen molar-refractivity contribution in [1.29, 1.82) is 0 Å².